The molecule has 4 heteroatoms. The van der Waals surface area contributed by atoms with Crippen LogP contribution in [0.25, 0.3) is 100.0 Å². The van der Waals surface area contributed by atoms with Crippen molar-refractivity contribution in [3.63, 3.8) is 0 Å². The van der Waals surface area contributed by atoms with Crippen molar-refractivity contribution in [1.29, 1.82) is 0 Å². The minimum atomic E-state index is 0.666. The van der Waals surface area contributed by atoms with Gasteiger partial charge in [-0.3, -0.25) is 4.98 Å². The molecule has 53 heavy (non-hydrogen) atoms. The molecule has 3 aromatic heterocycles. The lowest BCUT2D eigenvalue weighted by molar-refractivity contribution is 0.670. The van der Waals surface area contributed by atoms with Gasteiger partial charge >= 0.3 is 0 Å². The van der Waals surface area contributed by atoms with Gasteiger partial charge in [0, 0.05) is 45.4 Å². The number of hydrogen-bond acceptors (Lipinski definition) is 4. The van der Waals surface area contributed by atoms with Gasteiger partial charge in [-0.25, -0.2) is 9.97 Å². The van der Waals surface area contributed by atoms with E-state index in [0.717, 1.165) is 83.4 Å². The number of fused-ring (bicyclic) bond motifs is 4. The number of rotatable bonds is 6. The zero-order chi connectivity index (χ0) is 35.1. The quantitative estimate of drug-likeness (QED) is 0.176. The lowest BCUT2D eigenvalue weighted by Gasteiger charge is -2.15. The SMILES string of the molecule is c1ccc(-c2nc(-c3cc(-c4ccc5ccccc5c4)cc(-c4cccc5c4oc4ccccc45)c3)cc(-c3ccccc3-c3ccncc3)n2)cc1. The monoisotopic (exact) mass is 677 g/mol. The van der Waals surface area contributed by atoms with E-state index in [1.807, 2.05) is 54.9 Å². The van der Waals surface area contributed by atoms with Gasteiger partial charge in [-0.2, -0.15) is 0 Å². The summed E-state index contributed by atoms with van der Waals surface area (Å²) in [6, 6.07) is 61.4. The van der Waals surface area contributed by atoms with Crippen LogP contribution in [0.3, 0.4) is 0 Å². The second-order valence-electron chi connectivity index (χ2n) is 13.3. The molecule has 4 nitrogen and oxygen atoms in total. The third kappa shape index (κ3) is 5.63. The van der Waals surface area contributed by atoms with Crippen LogP contribution in [-0.4, -0.2) is 15.0 Å². The molecule has 7 aromatic carbocycles. The number of hydrogen-bond donors (Lipinski definition) is 0. The molecular formula is C49H31N3O. The summed E-state index contributed by atoms with van der Waals surface area (Å²) in [5.41, 5.74) is 12.9. The van der Waals surface area contributed by atoms with Gasteiger partial charge in [-0.05, 0) is 87.1 Å². The van der Waals surface area contributed by atoms with E-state index < -0.39 is 0 Å². The standard InChI is InChI=1S/C49H31N3O/c1-2-12-34(13-3-1)49-51-45(31-46(52-49)42-16-7-6-15-40(42)33-23-25-50-26-24-33)39-29-37(36-22-21-32-11-4-5-14-35(32)27-36)28-38(30-39)41-18-10-19-44-43-17-8-9-20-47(43)53-48(41)44/h1-31H. The van der Waals surface area contributed by atoms with Gasteiger partial charge in [0.05, 0.1) is 11.4 Å². The van der Waals surface area contributed by atoms with Crippen LogP contribution < -0.4 is 0 Å². The molecule has 0 aliphatic carbocycles. The van der Waals surface area contributed by atoms with Crippen molar-refractivity contribution in [1.82, 2.24) is 15.0 Å². The van der Waals surface area contributed by atoms with Crippen LogP contribution in [-0.2, 0) is 0 Å². The zero-order valence-corrected chi connectivity index (χ0v) is 28.6. The fourth-order valence-corrected chi connectivity index (χ4v) is 7.38. The highest BCUT2D eigenvalue weighted by Gasteiger charge is 2.18. The van der Waals surface area contributed by atoms with Crippen molar-refractivity contribution in [2.75, 3.05) is 0 Å². The summed E-state index contributed by atoms with van der Waals surface area (Å²) in [5.74, 6) is 0.666. The molecule has 10 rings (SSSR count). The van der Waals surface area contributed by atoms with Gasteiger partial charge in [0.2, 0.25) is 0 Å². The van der Waals surface area contributed by atoms with Crippen LogP contribution in [0.4, 0.5) is 0 Å². The minimum absolute atomic E-state index is 0.666. The van der Waals surface area contributed by atoms with Gasteiger partial charge in [-0.1, -0.05) is 127 Å². The van der Waals surface area contributed by atoms with E-state index >= 15 is 0 Å². The fourth-order valence-electron chi connectivity index (χ4n) is 7.38. The Hall–Kier alpha value is -7.17. The Bertz CT molecular complexity index is 2950. The van der Waals surface area contributed by atoms with Crippen LogP contribution in [0, 0.1) is 0 Å². The molecule has 0 atom stereocenters. The summed E-state index contributed by atoms with van der Waals surface area (Å²) in [6.45, 7) is 0. The van der Waals surface area contributed by atoms with Gasteiger partial charge in [0.25, 0.3) is 0 Å². The maximum absolute atomic E-state index is 6.57. The first-order chi connectivity index (χ1) is 26.2. The second-order valence-corrected chi connectivity index (χ2v) is 13.3. The summed E-state index contributed by atoms with van der Waals surface area (Å²) in [6.07, 6.45) is 3.66. The molecule has 0 fully saturated rings. The highest BCUT2D eigenvalue weighted by atomic mass is 16.3. The average molecular weight is 678 g/mol. The topological polar surface area (TPSA) is 51.8 Å². The highest BCUT2D eigenvalue weighted by molar-refractivity contribution is 6.10. The number of benzene rings is 7. The molecular weight excluding hydrogens is 647 g/mol. The number of pyridine rings is 1. The van der Waals surface area contributed by atoms with Crippen molar-refractivity contribution in [2.24, 2.45) is 0 Å². The summed E-state index contributed by atoms with van der Waals surface area (Å²) in [7, 11) is 0. The third-order valence-electron chi connectivity index (χ3n) is 9.98. The van der Waals surface area contributed by atoms with Crippen LogP contribution >= 0.6 is 0 Å². The van der Waals surface area contributed by atoms with Crippen LogP contribution in [0.2, 0.25) is 0 Å². The molecule has 0 saturated carbocycles. The first-order valence-corrected chi connectivity index (χ1v) is 17.7. The zero-order valence-electron chi connectivity index (χ0n) is 28.6. The third-order valence-corrected chi connectivity index (χ3v) is 9.98. The lowest BCUT2D eigenvalue weighted by atomic mass is 9.92. The van der Waals surface area contributed by atoms with Crippen molar-refractivity contribution in [2.45, 2.75) is 0 Å². The first kappa shape index (κ1) is 30.6. The molecule has 248 valence electrons. The van der Waals surface area contributed by atoms with Crippen molar-refractivity contribution >= 4 is 32.7 Å². The summed E-state index contributed by atoms with van der Waals surface area (Å²) in [4.78, 5) is 14.7. The van der Waals surface area contributed by atoms with E-state index in [0.29, 0.717) is 5.82 Å². The Morgan fingerprint density at radius 1 is 0.358 bits per heavy atom. The molecule has 0 spiro atoms. The maximum Gasteiger partial charge on any atom is 0.160 e. The predicted molar refractivity (Wildman–Crippen MR) is 217 cm³/mol. The molecule has 0 radical (unpaired) electrons. The number of para-hydroxylation sites is 2. The van der Waals surface area contributed by atoms with E-state index in [9.17, 15) is 0 Å². The normalized spacial score (nSPS) is 11.4. The van der Waals surface area contributed by atoms with Crippen molar-refractivity contribution in [3.05, 3.63) is 188 Å². The molecule has 10 aromatic rings. The predicted octanol–water partition coefficient (Wildman–Crippen LogP) is 12.9. The van der Waals surface area contributed by atoms with E-state index in [4.69, 9.17) is 14.4 Å². The Morgan fingerprint density at radius 2 is 1.04 bits per heavy atom. The molecule has 0 unspecified atom stereocenters. The van der Waals surface area contributed by atoms with Gasteiger partial charge in [0.15, 0.2) is 5.82 Å². The van der Waals surface area contributed by atoms with Crippen molar-refractivity contribution in [3.8, 4) is 67.3 Å². The Morgan fingerprint density at radius 3 is 1.92 bits per heavy atom. The van der Waals surface area contributed by atoms with Gasteiger partial charge in [-0.15, -0.1) is 0 Å². The Labute approximate surface area is 306 Å². The molecule has 0 aliphatic heterocycles. The number of nitrogens with zero attached hydrogens (tertiary/aromatic N) is 3. The Balaban J connectivity index is 1.23. The largest absolute Gasteiger partial charge is 0.455 e. The summed E-state index contributed by atoms with van der Waals surface area (Å²) in [5, 5.41) is 4.61. The molecule has 0 aliphatic rings. The number of furan rings is 1. The second kappa shape index (κ2) is 12.9. The van der Waals surface area contributed by atoms with Crippen LogP contribution in [0.15, 0.2) is 193 Å². The van der Waals surface area contributed by atoms with E-state index in [1.165, 1.54) is 10.8 Å². The van der Waals surface area contributed by atoms with Crippen LogP contribution in [0.5, 0.6) is 0 Å². The average Bonchev–Trinajstić information content (AvgIpc) is 3.63. The first-order valence-electron chi connectivity index (χ1n) is 17.7. The van der Waals surface area contributed by atoms with E-state index in [1.54, 1.807) is 0 Å². The lowest BCUT2D eigenvalue weighted by Crippen LogP contribution is -1.97. The highest BCUT2D eigenvalue weighted by Crippen LogP contribution is 2.41. The molecule has 0 N–H and O–H groups in total. The molecule has 0 bridgehead atoms. The van der Waals surface area contributed by atoms with Gasteiger partial charge < -0.3 is 4.42 Å². The number of aromatic nitrogens is 3. The summed E-state index contributed by atoms with van der Waals surface area (Å²) < 4.78 is 6.57. The van der Waals surface area contributed by atoms with E-state index in [2.05, 4.69) is 138 Å². The van der Waals surface area contributed by atoms with E-state index in [-0.39, 0.29) is 0 Å². The molecule has 3 heterocycles. The van der Waals surface area contributed by atoms with Gasteiger partial charge in [0.1, 0.15) is 11.2 Å². The molecule has 0 amide bonds. The minimum Gasteiger partial charge on any atom is -0.455 e. The summed E-state index contributed by atoms with van der Waals surface area (Å²) >= 11 is 0. The fraction of sp³-hybridized carbons (Fsp3) is 0. The smallest absolute Gasteiger partial charge is 0.160 e. The Kier molecular flexibility index (Phi) is 7.43. The van der Waals surface area contributed by atoms with Crippen LogP contribution in [0.1, 0.15) is 0 Å². The van der Waals surface area contributed by atoms with Crippen molar-refractivity contribution < 1.29 is 4.42 Å². The molecule has 0 saturated heterocycles. The maximum atomic E-state index is 6.57.